The molecule has 1 unspecified atom stereocenters. The molecule has 8 heteroatoms. The molecule has 0 aliphatic carbocycles. The maximum atomic E-state index is 11.1. The summed E-state index contributed by atoms with van der Waals surface area (Å²) < 4.78 is 5.06. The largest absolute Gasteiger partial charge is 0.383 e. The molecule has 0 saturated heterocycles. The van der Waals surface area contributed by atoms with Gasteiger partial charge in [-0.2, -0.15) is 4.98 Å². The number of aromatic nitrogens is 2. The highest BCUT2D eigenvalue weighted by Gasteiger charge is 2.23. The van der Waals surface area contributed by atoms with Crippen molar-refractivity contribution in [2.75, 3.05) is 31.4 Å². The first-order valence-corrected chi connectivity index (χ1v) is 5.99. The molecule has 2 N–H and O–H groups in total. The number of hydrogen-bond acceptors (Lipinski definition) is 7. The van der Waals surface area contributed by atoms with Crippen molar-refractivity contribution in [3.63, 3.8) is 0 Å². The van der Waals surface area contributed by atoms with Crippen LogP contribution >= 0.6 is 0 Å². The molecule has 1 atom stereocenters. The number of ether oxygens (including phenoxy) is 1. The first-order chi connectivity index (χ1) is 9.03. The van der Waals surface area contributed by atoms with Crippen molar-refractivity contribution in [3.05, 3.63) is 15.8 Å². The maximum absolute atomic E-state index is 11.1. The van der Waals surface area contributed by atoms with Gasteiger partial charge in [-0.25, -0.2) is 4.98 Å². The van der Waals surface area contributed by atoms with Crippen LogP contribution in [0.3, 0.4) is 0 Å². The fourth-order valence-electron chi connectivity index (χ4n) is 1.65. The van der Waals surface area contributed by atoms with E-state index in [2.05, 4.69) is 20.6 Å². The molecule has 1 aromatic rings. The average molecular weight is 269 g/mol. The highest BCUT2D eigenvalue weighted by molar-refractivity contribution is 5.61. The van der Waals surface area contributed by atoms with Gasteiger partial charge < -0.3 is 15.4 Å². The smallest absolute Gasteiger partial charge is 0.332 e. The maximum Gasteiger partial charge on any atom is 0.332 e. The first-order valence-electron chi connectivity index (χ1n) is 5.99. The van der Waals surface area contributed by atoms with Crippen LogP contribution in [-0.2, 0) is 4.74 Å². The molecule has 0 aromatic carbocycles. The van der Waals surface area contributed by atoms with Crippen molar-refractivity contribution < 1.29 is 9.66 Å². The van der Waals surface area contributed by atoms with Gasteiger partial charge in [0.15, 0.2) is 0 Å². The van der Waals surface area contributed by atoms with E-state index in [-0.39, 0.29) is 17.5 Å². The number of aryl methyl sites for hydroxylation is 1. The molecule has 1 heterocycles. The Bertz CT molecular complexity index is 452. The Hall–Kier alpha value is -1.96. The summed E-state index contributed by atoms with van der Waals surface area (Å²) in [6.07, 6.45) is 0.767. The van der Waals surface area contributed by atoms with Gasteiger partial charge in [0.1, 0.15) is 5.69 Å². The van der Waals surface area contributed by atoms with Crippen LogP contribution in [0.25, 0.3) is 0 Å². The second-order valence-corrected chi connectivity index (χ2v) is 4.04. The highest BCUT2D eigenvalue weighted by Crippen LogP contribution is 2.27. The Morgan fingerprint density at radius 3 is 2.63 bits per heavy atom. The summed E-state index contributed by atoms with van der Waals surface area (Å²) in [6, 6.07) is -0.0392. The Kier molecular flexibility index (Phi) is 5.43. The van der Waals surface area contributed by atoms with Crippen LogP contribution in [0.4, 0.5) is 17.5 Å². The predicted octanol–water partition coefficient (Wildman–Crippen LogP) is 1.57. The number of nitrogens with zero attached hydrogens (tertiary/aromatic N) is 3. The lowest BCUT2D eigenvalue weighted by molar-refractivity contribution is -0.385. The Balaban J connectivity index is 3.15. The average Bonchev–Trinajstić information content (AvgIpc) is 2.36. The molecule has 0 bridgehead atoms. The van der Waals surface area contributed by atoms with Gasteiger partial charge in [-0.3, -0.25) is 10.1 Å². The fraction of sp³-hybridized carbons (Fsp3) is 0.636. The quantitative estimate of drug-likeness (QED) is 0.572. The Morgan fingerprint density at radius 1 is 1.47 bits per heavy atom. The van der Waals surface area contributed by atoms with Gasteiger partial charge in [-0.1, -0.05) is 6.92 Å². The SMILES string of the molecule is CCC(COC)Nc1nc(NC)nc(C)c1[N+](=O)[O-]. The molecule has 1 rings (SSSR count). The zero-order valence-electron chi connectivity index (χ0n) is 11.6. The summed E-state index contributed by atoms with van der Waals surface area (Å²) in [7, 11) is 3.25. The van der Waals surface area contributed by atoms with E-state index < -0.39 is 4.92 Å². The predicted molar refractivity (Wildman–Crippen MR) is 72.5 cm³/mol. The van der Waals surface area contributed by atoms with E-state index in [1.165, 1.54) is 0 Å². The van der Waals surface area contributed by atoms with E-state index >= 15 is 0 Å². The molecule has 19 heavy (non-hydrogen) atoms. The van der Waals surface area contributed by atoms with E-state index in [4.69, 9.17) is 4.74 Å². The summed E-state index contributed by atoms with van der Waals surface area (Å²) in [6.45, 7) is 4.00. The first kappa shape index (κ1) is 15.1. The number of methoxy groups -OCH3 is 1. The van der Waals surface area contributed by atoms with Crippen LogP contribution in [0.1, 0.15) is 19.0 Å². The minimum atomic E-state index is -0.476. The third-order valence-electron chi connectivity index (χ3n) is 2.67. The molecular weight excluding hydrogens is 250 g/mol. The molecule has 0 spiro atoms. The van der Waals surface area contributed by atoms with Crippen LogP contribution in [0.15, 0.2) is 0 Å². The molecule has 0 aliphatic heterocycles. The summed E-state index contributed by atoms with van der Waals surface area (Å²) in [5.74, 6) is 0.559. The number of anilines is 2. The van der Waals surface area contributed by atoms with E-state index in [1.807, 2.05) is 6.92 Å². The van der Waals surface area contributed by atoms with Crippen LogP contribution in [0, 0.1) is 17.0 Å². The number of nitrogens with one attached hydrogen (secondary N) is 2. The van der Waals surface area contributed by atoms with Gasteiger partial charge in [0.05, 0.1) is 17.6 Å². The van der Waals surface area contributed by atoms with Gasteiger partial charge >= 0.3 is 5.69 Å². The van der Waals surface area contributed by atoms with E-state index in [0.717, 1.165) is 6.42 Å². The summed E-state index contributed by atoms with van der Waals surface area (Å²) in [4.78, 5) is 18.8. The molecular formula is C11H19N5O3. The number of hydrogen-bond donors (Lipinski definition) is 2. The van der Waals surface area contributed by atoms with Crippen molar-refractivity contribution in [2.24, 2.45) is 0 Å². The molecule has 0 radical (unpaired) electrons. The fourth-order valence-corrected chi connectivity index (χ4v) is 1.65. The van der Waals surface area contributed by atoms with Crippen LogP contribution in [0.2, 0.25) is 0 Å². The standard InChI is InChI=1S/C11H19N5O3/c1-5-8(6-19-4)14-10-9(16(17)18)7(2)13-11(12-3)15-10/h8H,5-6H2,1-4H3,(H2,12,13,14,15). The normalized spacial score (nSPS) is 12.0. The third-order valence-corrected chi connectivity index (χ3v) is 2.67. The summed E-state index contributed by atoms with van der Waals surface area (Å²) in [5, 5.41) is 16.9. The van der Waals surface area contributed by atoms with E-state index in [9.17, 15) is 10.1 Å². The van der Waals surface area contributed by atoms with E-state index in [1.54, 1.807) is 21.1 Å². The minimum absolute atomic E-state index is 0.0392. The molecule has 106 valence electrons. The van der Waals surface area contributed by atoms with Crippen LogP contribution in [-0.4, -0.2) is 41.7 Å². The summed E-state index contributed by atoms with van der Waals surface area (Å²) in [5.41, 5.74) is 0.215. The molecule has 0 aliphatic rings. The van der Waals surface area contributed by atoms with Crippen molar-refractivity contribution in [1.29, 1.82) is 0 Å². The van der Waals surface area contributed by atoms with E-state index in [0.29, 0.717) is 18.2 Å². The summed E-state index contributed by atoms with van der Waals surface area (Å²) >= 11 is 0. The number of rotatable bonds is 7. The lowest BCUT2D eigenvalue weighted by atomic mass is 10.2. The molecule has 0 saturated carbocycles. The van der Waals surface area contributed by atoms with Gasteiger partial charge in [-0.05, 0) is 13.3 Å². The lowest BCUT2D eigenvalue weighted by Gasteiger charge is -2.17. The van der Waals surface area contributed by atoms with Crippen molar-refractivity contribution in [3.8, 4) is 0 Å². The second kappa shape index (κ2) is 6.83. The van der Waals surface area contributed by atoms with Crippen molar-refractivity contribution >= 4 is 17.5 Å². The van der Waals surface area contributed by atoms with Crippen molar-refractivity contribution in [1.82, 2.24) is 9.97 Å². The Labute approximate surface area is 111 Å². The second-order valence-electron chi connectivity index (χ2n) is 4.04. The molecule has 0 fully saturated rings. The van der Waals surface area contributed by atoms with Crippen molar-refractivity contribution in [2.45, 2.75) is 26.3 Å². The monoisotopic (exact) mass is 269 g/mol. The van der Waals surface area contributed by atoms with Gasteiger partial charge in [0, 0.05) is 14.2 Å². The Morgan fingerprint density at radius 2 is 2.16 bits per heavy atom. The van der Waals surface area contributed by atoms with Gasteiger partial charge in [0.25, 0.3) is 0 Å². The minimum Gasteiger partial charge on any atom is -0.383 e. The van der Waals surface area contributed by atoms with Gasteiger partial charge in [0.2, 0.25) is 11.8 Å². The lowest BCUT2D eigenvalue weighted by Crippen LogP contribution is -2.25. The molecule has 8 nitrogen and oxygen atoms in total. The topological polar surface area (TPSA) is 102 Å². The van der Waals surface area contributed by atoms with Gasteiger partial charge in [-0.15, -0.1) is 0 Å². The number of nitro groups is 1. The van der Waals surface area contributed by atoms with Crippen LogP contribution in [0.5, 0.6) is 0 Å². The van der Waals surface area contributed by atoms with Crippen LogP contribution < -0.4 is 10.6 Å². The third kappa shape index (κ3) is 3.75. The zero-order chi connectivity index (χ0) is 14.4. The highest BCUT2D eigenvalue weighted by atomic mass is 16.6. The zero-order valence-corrected chi connectivity index (χ0v) is 11.6. The molecule has 1 aromatic heterocycles. The molecule has 0 amide bonds.